The fourth-order valence-electron chi connectivity index (χ4n) is 3.54. The highest BCUT2D eigenvalue weighted by molar-refractivity contribution is 7.89. The third-order valence-electron chi connectivity index (χ3n) is 4.95. The molecule has 0 saturated carbocycles. The summed E-state index contributed by atoms with van der Waals surface area (Å²) in [5.41, 5.74) is 1.06. The summed E-state index contributed by atoms with van der Waals surface area (Å²) in [6.45, 7) is 0.222. The summed E-state index contributed by atoms with van der Waals surface area (Å²) in [4.78, 5) is 2.10. The van der Waals surface area contributed by atoms with Gasteiger partial charge in [0.15, 0.2) is 0 Å². The van der Waals surface area contributed by atoms with Crippen LogP contribution in [0.2, 0.25) is 0 Å². The molecule has 2 aromatic carbocycles. The molecule has 2 aromatic rings. The standard InChI is InChI=1S/C20H26N2O5S/c1-22(13-15-8-4-2-5-9-15)19-17(27-18(14-23)20(19)24)12-21-28(25,26)16-10-6-3-7-11-16/h2-11,17-21,23-24H,12-14H2,1H3. The minimum absolute atomic E-state index is 0.00537. The second kappa shape index (κ2) is 9.13. The van der Waals surface area contributed by atoms with Crippen molar-refractivity contribution in [1.29, 1.82) is 0 Å². The molecular weight excluding hydrogens is 380 g/mol. The Morgan fingerprint density at radius 3 is 2.25 bits per heavy atom. The molecule has 0 aromatic heterocycles. The van der Waals surface area contributed by atoms with Crippen molar-refractivity contribution >= 4 is 10.0 Å². The monoisotopic (exact) mass is 406 g/mol. The maximum atomic E-state index is 12.5. The highest BCUT2D eigenvalue weighted by Gasteiger charge is 2.45. The number of aliphatic hydroxyl groups excluding tert-OH is 2. The van der Waals surface area contributed by atoms with Gasteiger partial charge in [0.2, 0.25) is 10.0 Å². The lowest BCUT2D eigenvalue weighted by Gasteiger charge is -2.30. The van der Waals surface area contributed by atoms with Crippen molar-refractivity contribution in [3.05, 3.63) is 66.2 Å². The topological polar surface area (TPSA) is 99.1 Å². The van der Waals surface area contributed by atoms with Crippen LogP contribution in [0.15, 0.2) is 65.6 Å². The van der Waals surface area contributed by atoms with Gasteiger partial charge in [-0.2, -0.15) is 0 Å². The van der Waals surface area contributed by atoms with E-state index in [0.29, 0.717) is 6.54 Å². The molecule has 1 aliphatic heterocycles. The van der Waals surface area contributed by atoms with E-state index in [1.165, 1.54) is 12.1 Å². The Labute approximate surface area is 165 Å². The van der Waals surface area contributed by atoms with Crippen LogP contribution in [0.1, 0.15) is 5.56 Å². The van der Waals surface area contributed by atoms with Gasteiger partial charge in [-0.15, -0.1) is 0 Å². The lowest BCUT2D eigenvalue weighted by molar-refractivity contribution is -0.0201. The van der Waals surface area contributed by atoms with Gasteiger partial charge in [0.05, 0.1) is 23.6 Å². The smallest absolute Gasteiger partial charge is 0.240 e. The van der Waals surface area contributed by atoms with Gasteiger partial charge in [0.25, 0.3) is 0 Å². The van der Waals surface area contributed by atoms with Crippen molar-refractivity contribution in [3.63, 3.8) is 0 Å². The van der Waals surface area contributed by atoms with E-state index in [1.54, 1.807) is 18.2 Å². The Bertz CT molecular complexity index is 847. The summed E-state index contributed by atoms with van der Waals surface area (Å²) < 4.78 is 33.3. The molecule has 0 spiro atoms. The highest BCUT2D eigenvalue weighted by Crippen LogP contribution is 2.26. The van der Waals surface area contributed by atoms with Gasteiger partial charge in [-0.3, -0.25) is 4.90 Å². The van der Waals surface area contributed by atoms with Crippen LogP contribution in [-0.4, -0.2) is 68.1 Å². The first-order valence-corrected chi connectivity index (χ1v) is 10.6. The number of benzene rings is 2. The summed E-state index contributed by atoms with van der Waals surface area (Å²) in [5, 5.41) is 20.1. The molecule has 28 heavy (non-hydrogen) atoms. The third kappa shape index (κ3) is 4.78. The summed E-state index contributed by atoms with van der Waals surface area (Å²) in [6.07, 6.45) is -2.28. The molecule has 0 aliphatic carbocycles. The number of nitrogens with zero attached hydrogens (tertiary/aromatic N) is 1. The first-order chi connectivity index (χ1) is 13.4. The van der Waals surface area contributed by atoms with E-state index in [1.807, 2.05) is 42.3 Å². The maximum absolute atomic E-state index is 12.5. The van der Waals surface area contributed by atoms with Crippen molar-refractivity contribution in [2.24, 2.45) is 0 Å². The van der Waals surface area contributed by atoms with E-state index < -0.39 is 34.4 Å². The number of aliphatic hydroxyl groups is 2. The zero-order valence-corrected chi connectivity index (χ0v) is 16.5. The second-order valence-electron chi connectivity index (χ2n) is 6.94. The SMILES string of the molecule is CN(Cc1ccccc1)C1C(CNS(=O)(=O)c2ccccc2)OC(CO)C1O. The number of sulfonamides is 1. The van der Waals surface area contributed by atoms with E-state index in [-0.39, 0.29) is 18.0 Å². The molecule has 3 rings (SSSR count). The molecule has 3 N–H and O–H groups in total. The highest BCUT2D eigenvalue weighted by atomic mass is 32.2. The lowest BCUT2D eigenvalue weighted by atomic mass is 10.0. The lowest BCUT2D eigenvalue weighted by Crippen LogP contribution is -2.49. The van der Waals surface area contributed by atoms with Gasteiger partial charge >= 0.3 is 0 Å². The van der Waals surface area contributed by atoms with Crippen LogP contribution in [0.3, 0.4) is 0 Å². The van der Waals surface area contributed by atoms with Crippen LogP contribution in [0.4, 0.5) is 0 Å². The minimum Gasteiger partial charge on any atom is -0.394 e. The van der Waals surface area contributed by atoms with E-state index in [9.17, 15) is 18.6 Å². The number of ether oxygens (including phenoxy) is 1. The number of likely N-dealkylation sites (N-methyl/N-ethyl adjacent to an activating group) is 1. The predicted molar refractivity (Wildman–Crippen MR) is 105 cm³/mol. The van der Waals surface area contributed by atoms with Gasteiger partial charge in [-0.25, -0.2) is 13.1 Å². The van der Waals surface area contributed by atoms with E-state index in [4.69, 9.17) is 4.74 Å². The predicted octanol–water partition coefficient (Wildman–Crippen LogP) is 0.586. The van der Waals surface area contributed by atoms with Crippen LogP contribution < -0.4 is 4.72 Å². The second-order valence-corrected chi connectivity index (χ2v) is 8.71. The first kappa shape index (κ1) is 20.9. The third-order valence-corrected chi connectivity index (χ3v) is 6.39. The number of nitrogens with one attached hydrogen (secondary N) is 1. The molecule has 7 nitrogen and oxygen atoms in total. The largest absolute Gasteiger partial charge is 0.394 e. The molecule has 8 heteroatoms. The molecule has 0 amide bonds. The zero-order valence-electron chi connectivity index (χ0n) is 15.7. The zero-order chi connectivity index (χ0) is 20.1. The number of hydrogen-bond donors (Lipinski definition) is 3. The summed E-state index contributed by atoms with van der Waals surface area (Å²) >= 11 is 0. The molecule has 152 valence electrons. The molecule has 4 unspecified atom stereocenters. The normalized spacial score (nSPS) is 25.3. The van der Waals surface area contributed by atoms with Gasteiger partial charge in [0.1, 0.15) is 12.2 Å². The molecule has 1 saturated heterocycles. The Kier molecular flexibility index (Phi) is 6.82. The Hall–Kier alpha value is -1.81. The summed E-state index contributed by atoms with van der Waals surface area (Å²) in [6, 6.07) is 17.4. The Morgan fingerprint density at radius 1 is 1.04 bits per heavy atom. The van der Waals surface area contributed by atoms with Gasteiger partial charge < -0.3 is 14.9 Å². The molecule has 1 heterocycles. The summed E-state index contributed by atoms with van der Waals surface area (Å²) in [5.74, 6) is 0. The van der Waals surface area contributed by atoms with Crippen LogP contribution in [0.25, 0.3) is 0 Å². The average molecular weight is 407 g/mol. The van der Waals surface area contributed by atoms with Gasteiger partial charge in [-0.05, 0) is 24.7 Å². The fraction of sp³-hybridized carbons (Fsp3) is 0.400. The molecule has 0 bridgehead atoms. The van der Waals surface area contributed by atoms with Crippen LogP contribution >= 0.6 is 0 Å². The molecule has 1 aliphatic rings. The Balaban J connectivity index is 1.72. The fourth-order valence-corrected chi connectivity index (χ4v) is 4.61. The van der Waals surface area contributed by atoms with Crippen molar-refractivity contribution in [2.75, 3.05) is 20.2 Å². The quantitative estimate of drug-likeness (QED) is 0.593. The van der Waals surface area contributed by atoms with Gasteiger partial charge in [-0.1, -0.05) is 48.5 Å². The molecule has 0 radical (unpaired) electrons. The van der Waals surface area contributed by atoms with Crippen molar-refractivity contribution in [2.45, 2.75) is 35.8 Å². The van der Waals surface area contributed by atoms with E-state index in [2.05, 4.69) is 4.72 Å². The molecule has 1 fully saturated rings. The summed E-state index contributed by atoms with van der Waals surface area (Å²) in [7, 11) is -1.84. The van der Waals surface area contributed by atoms with E-state index in [0.717, 1.165) is 5.56 Å². The average Bonchev–Trinajstić information content (AvgIpc) is 3.03. The number of rotatable bonds is 8. The van der Waals surface area contributed by atoms with Crippen LogP contribution in [0, 0.1) is 0 Å². The van der Waals surface area contributed by atoms with Gasteiger partial charge in [0, 0.05) is 13.1 Å². The van der Waals surface area contributed by atoms with Crippen molar-refractivity contribution in [3.8, 4) is 0 Å². The van der Waals surface area contributed by atoms with Crippen LogP contribution in [-0.2, 0) is 21.3 Å². The maximum Gasteiger partial charge on any atom is 0.240 e. The Morgan fingerprint density at radius 2 is 1.64 bits per heavy atom. The molecular formula is C20H26N2O5S. The van der Waals surface area contributed by atoms with Crippen molar-refractivity contribution in [1.82, 2.24) is 9.62 Å². The van der Waals surface area contributed by atoms with Crippen molar-refractivity contribution < 1.29 is 23.4 Å². The first-order valence-electron chi connectivity index (χ1n) is 9.15. The molecule has 4 atom stereocenters. The number of hydrogen-bond acceptors (Lipinski definition) is 6. The van der Waals surface area contributed by atoms with Crippen LogP contribution in [0.5, 0.6) is 0 Å². The minimum atomic E-state index is -3.69. The van der Waals surface area contributed by atoms with E-state index >= 15 is 0 Å².